The Balaban J connectivity index is 1.38. The Kier molecular flexibility index (Phi) is 6.22. The number of amides is 1. The third-order valence-corrected chi connectivity index (χ3v) is 6.42. The minimum atomic E-state index is -0.365. The Labute approximate surface area is 200 Å². The number of benzene rings is 3. The molecule has 0 spiro atoms. The highest BCUT2D eigenvalue weighted by Gasteiger charge is 2.24. The molecule has 1 N–H and O–H groups in total. The fourth-order valence-corrected chi connectivity index (χ4v) is 4.55. The van der Waals surface area contributed by atoms with Crippen molar-refractivity contribution >= 4 is 34.3 Å². The number of anilines is 1. The van der Waals surface area contributed by atoms with Gasteiger partial charge in [0.2, 0.25) is 5.91 Å². The van der Waals surface area contributed by atoms with Crippen molar-refractivity contribution in [2.24, 2.45) is 0 Å². The maximum Gasteiger partial charge on any atom is 0.262 e. The fraction of sp³-hybridized carbons (Fsp3) is 0.192. The van der Waals surface area contributed by atoms with Gasteiger partial charge in [-0.2, -0.15) is 0 Å². The van der Waals surface area contributed by atoms with E-state index in [2.05, 4.69) is 10.3 Å². The zero-order valence-corrected chi connectivity index (χ0v) is 19.4. The molecular formula is C26H23N3O4S. The number of hydrogen-bond acceptors (Lipinski definition) is 6. The molecule has 8 heteroatoms. The molecule has 7 nitrogen and oxygen atoms in total. The van der Waals surface area contributed by atoms with Crippen LogP contribution in [0.2, 0.25) is 0 Å². The summed E-state index contributed by atoms with van der Waals surface area (Å²) >= 11 is 1.22. The largest absolute Gasteiger partial charge is 0.486 e. The standard InChI is InChI=1S/C26H23N3O4S/c1-17-10-12-18(13-11-17)27-24(30)16-34-26-28-21-7-3-2-6-20(21)25(31)29(26)14-19-15-32-22-8-4-5-9-23(22)33-19/h2-13,19H,14-16H2,1H3,(H,27,30). The molecule has 34 heavy (non-hydrogen) atoms. The van der Waals surface area contributed by atoms with Crippen LogP contribution in [-0.4, -0.2) is 33.9 Å². The van der Waals surface area contributed by atoms with Crippen LogP contribution >= 0.6 is 11.8 Å². The summed E-state index contributed by atoms with van der Waals surface area (Å²) in [5.41, 5.74) is 2.27. The van der Waals surface area contributed by atoms with E-state index in [9.17, 15) is 9.59 Å². The number of carbonyl (C=O) groups is 1. The van der Waals surface area contributed by atoms with Gasteiger partial charge in [0, 0.05) is 5.69 Å². The molecule has 0 fully saturated rings. The van der Waals surface area contributed by atoms with Crippen LogP contribution in [0, 0.1) is 6.92 Å². The molecule has 1 aliphatic rings. The minimum Gasteiger partial charge on any atom is -0.486 e. The molecule has 172 valence electrons. The summed E-state index contributed by atoms with van der Waals surface area (Å²) in [5, 5.41) is 3.87. The maximum atomic E-state index is 13.3. The molecular weight excluding hydrogens is 450 g/mol. The molecule has 5 rings (SSSR count). The van der Waals surface area contributed by atoms with Crippen LogP contribution in [0.5, 0.6) is 11.5 Å². The van der Waals surface area contributed by atoms with Crippen LogP contribution in [0.15, 0.2) is 82.7 Å². The van der Waals surface area contributed by atoms with E-state index in [1.165, 1.54) is 11.8 Å². The highest BCUT2D eigenvalue weighted by molar-refractivity contribution is 7.99. The third-order valence-electron chi connectivity index (χ3n) is 5.45. The van der Waals surface area contributed by atoms with Gasteiger partial charge in [-0.15, -0.1) is 0 Å². The molecule has 0 bridgehead atoms. The first-order chi connectivity index (χ1) is 16.6. The molecule has 4 aromatic rings. The van der Waals surface area contributed by atoms with Crippen molar-refractivity contribution in [1.82, 2.24) is 9.55 Å². The molecule has 1 aliphatic heterocycles. The van der Waals surface area contributed by atoms with Crippen LogP contribution in [-0.2, 0) is 11.3 Å². The van der Waals surface area contributed by atoms with Gasteiger partial charge < -0.3 is 14.8 Å². The number of nitrogens with one attached hydrogen (secondary N) is 1. The number of ether oxygens (including phenoxy) is 2. The number of nitrogens with zero attached hydrogens (tertiary/aromatic N) is 2. The Morgan fingerprint density at radius 3 is 2.62 bits per heavy atom. The first-order valence-corrected chi connectivity index (χ1v) is 11.9. The molecule has 3 aromatic carbocycles. The van der Waals surface area contributed by atoms with E-state index in [-0.39, 0.29) is 29.9 Å². The number of hydrogen-bond donors (Lipinski definition) is 1. The normalized spacial score (nSPS) is 14.7. The van der Waals surface area contributed by atoms with E-state index in [1.807, 2.05) is 67.6 Å². The number of thioether (sulfide) groups is 1. The number of carbonyl (C=O) groups excluding carboxylic acids is 1. The lowest BCUT2D eigenvalue weighted by atomic mass is 10.2. The molecule has 0 saturated heterocycles. The molecule has 0 saturated carbocycles. The van der Waals surface area contributed by atoms with Crippen LogP contribution in [0.4, 0.5) is 5.69 Å². The Bertz CT molecular complexity index is 1400. The molecule has 1 atom stereocenters. The van der Waals surface area contributed by atoms with Crippen LogP contribution < -0.4 is 20.3 Å². The molecule has 1 amide bonds. The van der Waals surface area contributed by atoms with Crippen molar-refractivity contribution in [2.45, 2.75) is 24.7 Å². The molecule has 0 aliphatic carbocycles. The predicted molar refractivity (Wildman–Crippen MR) is 133 cm³/mol. The van der Waals surface area contributed by atoms with E-state index in [1.54, 1.807) is 16.7 Å². The Morgan fingerprint density at radius 1 is 1.06 bits per heavy atom. The summed E-state index contributed by atoms with van der Waals surface area (Å²) in [7, 11) is 0. The first-order valence-electron chi connectivity index (χ1n) is 10.9. The first kappa shape index (κ1) is 22.0. The van der Waals surface area contributed by atoms with Gasteiger partial charge in [-0.05, 0) is 43.3 Å². The van der Waals surface area contributed by atoms with Crippen molar-refractivity contribution in [2.75, 3.05) is 17.7 Å². The molecule has 1 unspecified atom stereocenters. The number of aromatic nitrogens is 2. The Morgan fingerprint density at radius 2 is 1.79 bits per heavy atom. The average molecular weight is 474 g/mol. The van der Waals surface area contributed by atoms with Crippen molar-refractivity contribution in [1.29, 1.82) is 0 Å². The second kappa shape index (κ2) is 9.61. The van der Waals surface area contributed by atoms with Crippen molar-refractivity contribution in [3.8, 4) is 11.5 Å². The lowest BCUT2D eigenvalue weighted by Gasteiger charge is -2.27. The smallest absolute Gasteiger partial charge is 0.262 e. The summed E-state index contributed by atoms with van der Waals surface area (Å²) in [5.74, 6) is 1.27. The summed E-state index contributed by atoms with van der Waals surface area (Å²) in [6.07, 6.45) is -0.365. The van der Waals surface area contributed by atoms with Gasteiger partial charge >= 0.3 is 0 Å². The Hall–Kier alpha value is -3.78. The zero-order chi connectivity index (χ0) is 23.5. The zero-order valence-electron chi connectivity index (χ0n) is 18.6. The average Bonchev–Trinajstić information content (AvgIpc) is 2.86. The number of para-hydroxylation sites is 3. The van der Waals surface area contributed by atoms with Gasteiger partial charge in [0.05, 0.1) is 23.2 Å². The van der Waals surface area contributed by atoms with E-state index >= 15 is 0 Å². The fourth-order valence-electron chi connectivity index (χ4n) is 3.74. The lowest BCUT2D eigenvalue weighted by Crippen LogP contribution is -2.37. The SMILES string of the molecule is Cc1ccc(NC(=O)CSc2nc3ccccc3c(=O)n2CC2COc3ccccc3O2)cc1. The topological polar surface area (TPSA) is 82.5 Å². The maximum absolute atomic E-state index is 13.3. The van der Waals surface area contributed by atoms with Gasteiger partial charge in [0.25, 0.3) is 5.56 Å². The second-order valence-corrected chi connectivity index (χ2v) is 8.97. The highest BCUT2D eigenvalue weighted by Crippen LogP contribution is 2.31. The van der Waals surface area contributed by atoms with Gasteiger partial charge in [-0.25, -0.2) is 4.98 Å². The third kappa shape index (κ3) is 4.77. The van der Waals surface area contributed by atoms with Crippen molar-refractivity contribution < 1.29 is 14.3 Å². The van der Waals surface area contributed by atoms with E-state index in [0.717, 1.165) is 11.3 Å². The highest BCUT2D eigenvalue weighted by atomic mass is 32.2. The molecule has 0 radical (unpaired) electrons. The van der Waals surface area contributed by atoms with Gasteiger partial charge in [-0.3, -0.25) is 14.2 Å². The monoisotopic (exact) mass is 473 g/mol. The molecule has 2 heterocycles. The van der Waals surface area contributed by atoms with Gasteiger partial charge in [0.15, 0.2) is 22.8 Å². The van der Waals surface area contributed by atoms with Crippen molar-refractivity contribution in [3.05, 3.63) is 88.7 Å². The lowest BCUT2D eigenvalue weighted by molar-refractivity contribution is -0.113. The summed E-state index contributed by atoms with van der Waals surface area (Å²) in [4.78, 5) is 30.6. The summed E-state index contributed by atoms with van der Waals surface area (Å²) in [6.45, 7) is 2.56. The quantitative estimate of drug-likeness (QED) is 0.333. The van der Waals surface area contributed by atoms with E-state index in [0.29, 0.717) is 34.2 Å². The van der Waals surface area contributed by atoms with E-state index < -0.39 is 0 Å². The number of rotatable bonds is 6. The van der Waals surface area contributed by atoms with Gasteiger partial charge in [0.1, 0.15) is 6.61 Å². The molecule has 1 aromatic heterocycles. The van der Waals surface area contributed by atoms with Crippen LogP contribution in [0.25, 0.3) is 10.9 Å². The number of aryl methyl sites for hydroxylation is 1. The van der Waals surface area contributed by atoms with E-state index in [4.69, 9.17) is 9.47 Å². The van der Waals surface area contributed by atoms with Gasteiger partial charge in [-0.1, -0.05) is 53.7 Å². The second-order valence-electron chi connectivity index (χ2n) is 8.03. The summed E-state index contributed by atoms with van der Waals surface area (Å²) in [6, 6.07) is 22.3. The van der Waals surface area contributed by atoms with Crippen molar-refractivity contribution in [3.63, 3.8) is 0 Å². The number of fused-ring (bicyclic) bond motifs is 2. The van der Waals surface area contributed by atoms with Crippen LogP contribution in [0.1, 0.15) is 5.56 Å². The predicted octanol–water partition coefficient (Wildman–Crippen LogP) is 4.28. The summed E-state index contributed by atoms with van der Waals surface area (Å²) < 4.78 is 13.5. The van der Waals surface area contributed by atoms with Crippen LogP contribution in [0.3, 0.4) is 0 Å². The minimum absolute atomic E-state index is 0.115.